The molecule has 1 saturated heterocycles. The summed E-state index contributed by atoms with van der Waals surface area (Å²) in [6.07, 6.45) is 7.16. The summed E-state index contributed by atoms with van der Waals surface area (Å²) >= 11 is 3.97. The van der Waals surface area contributed by atoms with Gasteiger partial charge in [0, 0.05) is 23.2 Å². The fourth-order valence-corrected chi connectivity index (χ4v) is 6.13. The van der Waals surface area contributed by atoms with E-state index < -0.39 is 0 Å². The van der Waals surface area contributed by atoms with Crippen LogP contribution in [0.2, 0.25) is 0 Å². The summed E-state index contributed by atoms with van der Waals surface area (Å²) < 4.78 is 5.56. The molecule has 2 heterocycles. The Balaban J connectivity index is 1.69. The van der Waals surface area contributed by atoms with Crippen molar-refractivity contribution in [2.45, 2.75) is 55.9 Å². The van der Waals surface area contributed by atoms with Gasteiger partial charge in [-0.25, -0.2) is 0 Å². The molecule has 2 unspecified atom stereocenters. The van der Waals surface area contributed by atoms with Crippen LogP contribution >= 0.6 is 23.5 Å². The summed E-state index contributed by atoms with van der Waals surface area (Å²) in [5, 5.41) is 5.20. The average molecular weight is 328 g/mol. The van der Waals surface area contributed by atoms with E-state index in [0.717, 1.165) is 24.7 Å². The molecule has 1 aliphatic carbocycles. The van der Waals surface area contributed by atoms with Crippen LogP contribution in [0.4, 0.5) is 0 Å². The normalized spacial score (nSPS) is 29.4. The first kappa shape index (κ1) is 15.7. The summed E-state index contributed by atoms with van der Waals surface area (Å²) in [5.41, 5.74) is 6.26. The van der Waals surface area contributed by atoms with Crippen LogP contribution in [0.15, 0.2) is 4.52 Å². The molecule has 1 aliphatic heterocycles. The smallest absolute Gasteiger partial charge is 0.227 e. The van der Waals surface area contributed by atoms with Gasteiger partial charge in [0.2, 0.25) is 5.89 Å². The van der Waals surface area contributed by atoms with Crippen molar-refractivity contribution >= 4 is 23.5 Å². The summed E-state index contributed by atoms with van der Waals surface area (Å²) in [7, 11) is 0. The van der Waals surface area contributed by atoms with Crippen molar-refractivity contribution in [2.24, 2.45) is 11.1 Å². The molecule has 1 saturated carbocycles. The number of thioether (sulfide) groups is 2. The van der Waals surface area contributed by atoms with E-state index in [9.17, 15) is 0 Å². The maximum absolute atomic E-state index is 6.06. The van der Waals surface area contributed by atoms with Crippen molar-refractivity contribution in [3.63, 3.8) is 0 Å². The predicted octanol–water partition coefficient (Wildman–Crippen LogP) is 3.43. The lowest BCUT2D eigenvalue weighted by Crippen LogP contribution is -2.35. The fourth-order valence-electron chi connectivity index (χ4n) is 3.45. The minimum absolute atomic E-state index is 0.197. The number of rotatable bonds is 4. The number of nitrogens with zero attached hydrogens (tertiary/aromatic N) is 2. The topological polar surface area (TPSA) is 64.9 Å². The first-order valence-corrected chi connectivity index (χ1v) is 10.1. The molecular formula is C15H25N3OS2. The van der Waals surface area contributed by atoms with Gasteiger partial charge in [0.1, 0.15) is 0 Å². The highest BCUT2D eigenvalue weighted by Gasteiger charge is 2.34. The van der Waals surface area contributed by atoms with Gasteiger partial charge in [-0.15, -0.1) is 11.8 Å². The Hall–Kier alpha value is -0.200. The minimum atomic E-state index is 0.197. The number of hydrogen-bond acceptors (Lipinski definition) is 6. The molecule has 2 fully saturated rings. The van der Waals surface area contributed by atoms with Gasteiger partial charge in [-0.3, -0.25) is 0 Å². The molecule has 0 spiro atoms. The van der Waals surface area contributed by atoms with Crippen molar-refractivity contribution in [3.8, 4) is 0 Å². The van der Waals surface area contributed by atoms with Gasteiger partial charge in [-0.2, -0.15) is 16.7 Å². The van der Waals surface area contributed by atoms with Crippen LogP contribution in [0.1, 0.15) is 56.0 Å². The molecule has 0 radical (unpaired) electrons. The molecule has 3 rings (SSSR count). The molecule has 0 aromatic carbocycles. The van der Waals surface area contributed by atoms with Gasteiger partial charge in [0.05, 0.1) is 5.25 Å². The van der Waals surface area contributed by atoms with Crippen molar-refractivity contribution in [1.29, 1.82) is 0 Å². The van der Waals surface area contributed by atoms with E-state index in [-0.39, 0.29) is 5.41 Å². The largest absolute Gasteiger partial charge is 0.339 e. The molecule has 1 aromatic rings. The Kier molecular flexibility index (Phi) is 5.17. The van der Waals surface area contributed by atoms with Gasteiger partial charge in [-0.1, -0.05) is 31.3 Å². The molecule has 2 aliphatic rings. The zero-order valence-corrected chi connectivity index (χ0v) is 14.3. The Morgan fingerprint density at radius 2 is 2.00 bits per heavy atom. The monoisotopic (exact) mass is 327 g/mol. The third-order valence-electron chi connectivity index (χ3n) is 4.80. The van der Waals surface area contributed by atoms with Crippen LogP contribution < -0.4 is 5.73 Å². The molecule has 21 heavy (non-hydrogen) atoms. The van der Waals surface area contributed by atoms with Crippen LogP contribution in [-0.2, 0) is 6.42 Å². The molecule has 118 valence electrons. The lowest BCUT2D eigenvalue weighted by atomic mass is 9.72. The van der Waals surface area contributed by atoms with Gasteiger partial charge in [-0.05, 0) is 24.8 Å². The van der Waals surface area contributed by atoms with Crippen molar-refractivity contribution < 1.29 is 4.52 Å². The van der Waals surface area contributed by atoms with Crippen LogP contribution in [0.25, 0.3) is 0 Å². The quantitative estimate of drug-likeness (QED) is 0.914. The van der Waals surface area contributed by atoms with E-state index in [0.29, 0.717) is 10.5 Å². The van der Waals surface area contributed by atoms with Crippen molar-refractivity contribution in [3.05, 3.63) is 11.7 Å². The lowest BCUT2D eigenvalue weighted by Gasteiger charge is -2.34. The number of nitrogens with two attached hydrogens (primary N) is 1. The molecular weight excluding hydrogens is 302 g/mol. The molecule has 2 N–H and O–H groups in total. The lowest BCUT2D eigenvalue weighted by molar-refractivity contribution is 0.177. The van der Waals surface area contributed by atoms with Crippen molar-refractivity contribution in [2.75, 3.05) is 18.1 Å². The first-order valence-electron chi connectivity index (χ1n) is 7.98. The highest BCUT2D eigenvalue weighted by atomic mass is 32.2. The van der Waals surface area contributed by atoms with Crippen molar-refractivity contribution in [1.82, 2.24) is 10.1 Å². The zero-order chi connectivity index (χ0) is 14.7. The second kappa shape index (κ2) is 6.92. The summed E-state index contributed by atoms with van der Waals surface area (Å²) in [6.45, 7) is 3.00. The Morgan fingerprint density at radius 3 is 2.71 bits per heavy atom. The van der Waals surface area contributed by atoms with Crippen LogP contribution in [0, 0.1) is 5.41 Å². The van der Waals surface area contributed by atoms with Gasteiger partial charge in [0.15, 0.2) is 5.82 Å². The van der Waals surface area contributed by atoms with E-state index in [1.54, 1.807) is 0 Å². The number of aromatic nitrogens is 2. The standard InChI is InChI=1S/C15H25N3OS2/c1-11-13(21-8-7-20-11)14-17-12(19-18-14)9-15(10-16)5-3-2-4-6-15/h11,13H,2-10,16H2,1H3. The van der Waals surface area contributed by atoms with Crippen LogP contribution in [0.3, 0.4) is 0 Å². The Labute approximate surface area is 135 Å². The van der Waals surface area contributed by atoms with Gasteiger partial charge in [0.25, 0.3) is 0 Å². The highest BCUT2D eigenvalue weighted by Crippen LogP contribution is 2.42. The van der Waals surface area contributed by atoms with E-state index in [2.05, 4.69) is 12.1 Å². The van der Waals surface area contributed by atoms with Crippen LogP contribution in [0.5, 0.6) is 0 Å². The molecule has 6 heteroatoms. The summed E-state index contributed by atoms with van der Waals surface area (Å²) in [4.78, 5) is 4.70. The van der Waals surface area contributed by atoms with Crippen LogP contribution in [-0.4, -0.2) is 33.4 Å². The minimum Gasteiger partial charge on any atom is -0.339 e. The van der Waals surface area contributed by atoms with E-state index in [1.807, 2.05) is 23.5 Å². The molecule has 0 bridgehead atoms. The molecule has 4 nitrogen and oxygen atoms in total. The third kappa shape index (κ3) is 3.59. The van der Waals surface area contributed by atoms with Gasteiger partial charge >= 0.3 is 0 Å². The second-order valence-electron chi connectivity index (χ2n) is 6.36. The predicted molar refractivity (Wildman–Crippen MR) is 89.7 cm³/mol. The molecule has 1 aromatic heterocycles. The average Bonchev–Trinajstić information content (AvgIpc) is 2.97. The number of hydrogen-bond donors (Lipinski definition) is 1. The van der Waals surface area contributed by atoms with E-state index in [4.69, 9.17) is 15.2 Å². The zero-order valence-electron chi connectivity index (χ0n) is 12.7. The first-order chi connectivity index (χ1) is 10.2. The van der Waals surface area contributed by atoms with E-state index in [1.165, 1.54) is 43.6 Å². The highest BCUT2D eigenvalue weighted by molar-refractivity contribution is 8.06. The maximum atomic E-state index is 6.06. The van der Waals surface area contributed by atoms with Gasteiger partial charge < -0.3 is 10.3 Å². The Bertz CT molecular complexity index is 460. The summed E-state index contributed by atoms with van der Waals surface area (Å²) in [5.74, 6) is 4.08. The fraction of sp³-hybridized carbons (Fsp3) is 0.867. The summed E-state index contributed by atoms with van der Waals surface area (Å²) in [6, 6.07) is 0. The SMILES string of the molecule is CC1SCCSC1c1noc(CC2(CN)CCCCC2)n1. The third-order valence-corrected chi connectivity index (χ3v) is 7.89. The Morgan fingerprint density at radius 1 is 1.24 bits per heavy atom. The maximum Gasteiger partial charge on any atom is 0.227 e. The second-order valence-corrected chi connectivity index (χ2v) is 9.09. The molecule has 2 atom stereocenters. The molecule has 0 amide bonds. The van der Waals surface area contributed by atoms with E-state index >= 15 is 0 Å².